The van der Waals surface area contributed by atoms with Crippen LogP contribution in [0.1, 0.15) is 6.92 Å². The number of ether oxygens (including phenoxy) is 1. The van der Waals surface area contributed by atoms with Gasteiger partial charge >= 0.3 is 0 Å². The van der Waals surface area contributed by atoms with Gasteiger partial charge in [0, 0.05) is 0 Å². The molecule has 0 spiro atoms. The maximum absolute atomic E-state index is 12.3. The summed E-state index contributed by atoms with van der Waals surface area (Å²) in [7, 11) is 1.55. The molecule has 0 saturated carbocycles. The van der Waals surface area contributed by atoms with Gasteiger partial charge in [-0.25, -0.2) is 0 Å². The lowest BCUT2D eigenvalue weighted by molar-refractivity contribution is -0.116. The molecular weight excluding hydrogens is 368 g/mol. The highest BCUT2D eigenvalue weighted by molar-refractivity contribution is 8.04. The SMILES string of the molecule is COc1ccccc1NC(=O)[C@@H](C)Sc1nnc(SCC(N)=O)s1. The summed E-state index contributed by atoms with van der Waals surface area (Å²) >= 11 is 3.86. The Labute approximate surface area is 151 Å². The van der Waals surface area contributed by atoms with Gasteiger partial charge in [0.05, 0.1) is 23.8 Å². The molecule has 0 unspecified atom stereocenters. The summed E-state index contributed by atoms with van der Waals surface area (Å²) in [6.45, 7) is 1.78. The topological polar surface area (TPSA) is 107 Å². The highest BCUT2D eigenvalue weighted by Gasteiger charge is 2.18. The number of aromatic nitrogens is 2. The molecule has 24 heavy (non-hydrogen) atoms. The van der Waals surface area contributed by atoms with Gasteiger partial charge in [-0.3, -0.25) is 9.59 Å². The first kappa shape index (κ1) is 18.6. The maximum atomic E-state index is 12.3. The van der Waals surface area contributed by atoms with E-state index >= 15 is 0 Å². The number of para-hydroxylation sites is 2. The van der Waals surface area contributed by atoms with Crippen molar-refractivity contribution >= 4 is 52.4 Å². The Morgan fingerprint density at radius 2 is 2.04 bits per heavy atom. The van der Waals surface area contributed by atoms with Crippen LogP contribution in [0.2, 0.25) is 0 Å². The Morgan fingerprint density at radius 1 is 1.33 bits per heavy atom. The van der Waals surface area contributed by atoms with Crippen LogP contribution in [0.15, 0.2) is 32.9 Å². The van der Waals surface area contributed by atoms with E-state index in [2.05, 4.69) is 15.5 Å². The number of primary amides is 1. The monoisotopic (exact) mass is 384 g/mol. The van der Waals surface area contributed by atoms with E-state index in [1.807, 2.05) is 12.1 Å². The molecule has 0 aliphatic heterocycles. The van der Waals surface area contributed by atoms with E-state index in [4.69, 9.17) is 10.5 Å². The van der Waals surface area contributed by atoms with E-state index in [9.17, 15) is 9.59 Å². The van der Waals surface area contributed by atoms with Gasteiger partial charge < -0.3 is 15.8 Å². The number of benzene rings is 1. The number of methoxy groups -OCH3 is 1. The number of hydrogen-bond acceptors (Lipinski definition) is 8. The fraction of sp³-hybridized carbons (Fsp3) is 0.286. The lowest BCUT2D eigenvalue weighted by Gasteiger charge is -2.12. The number of rotatable bonds is 8. The molecule has 2 aromatic rings. The Kier molecular flexibility index (Phi) is 6.88. The van der Waals surface area contributed by atoms with Gasteiger partial charge in [0.15, 0.2) is 8.68 Å². The second kappa shape index (κ2) is 8.90. The molecular formula is C14H16N4O3S3. The average Bonchev–Trinajstić information content (AvgIpc) is 3.00. The lowest BCUT2D eigenvalue weighted by atomic mass is 10.3. The molecule has 7 nitrogen and oxygen atoms in total. The molecule has 0 fully saturated rings. The first-order chi connectivity index (χ1) is 11.5. The third-order valence-electron chi connectivity index (χ3n) is 2.74. The Balaban J connectivity index is 1.93. The van der Waals surface area contributed by atoms with Gasteiger partial charge in [0.2, 0.25) is 11.8 Å². The van der Waals surface area contributed by atoms with E-state index in [1.54, 1.807) is 26.2 Å². The van der Waals surface area contributed by atoms with E-state index in [-0.39, 0.29) is 16.9 Å². The molecule has 10 heteroatoms. The number of hydrogen-bond donors (Lipinski definition) is 2. The van der Waals surface area contributed by atoms with Crippen molar-refractivity contribution in [3.8, 4) is 5.75 Å². The van der Waals surface area contributed by atoms with Crippen molar-refractivity contribution in [1.29, 1.82) is 0 Å². The first-order valence-electron chi connectivity index (χ1n) is 6.84. The molecule has 1 aromatic carbocycles. The average molecular weight is 385 g/mol. The van der Waals surface area contributed by atoms with Crippen LogP contribution in [0.3, 0.4) is 0 Å². The maximum Gasteiger partial charge on any atom is 0.237 e. The van der Waals surface area contributed by atoms with Crippen molar-refractivity contribution in [2.24, 2.45) is 5.73 Å². The number of amides is 2. The van der Waals surface area contributed by atoms with Gasteiger partial charge in [-0.15, -0.1) is 10.2 Å². The Hall–Kier alpha value is -1.78. The van der Waals surface area contributed by atoms with Crippen molar-refractivity contribution < 1.29 is 14.3 Å². The van der Waals surface area contributed by atoms with E-state index in [1.165, 1.54) is 34.9 Å². The van der Waals surface area contributed by atoms with Crippen LogP contribution < -0.4 is 15.8 Å². The molecule has 3 N–H and O–H groups in total. The zero-order valence-corrected chi connectivity index (χ0v) is 15.5. The normalized spacial score (nSPS) is 11.8. The zero-order valence-electron chi connectivity index (χ0n) is 13.0. The second-order valence-corrected chi connectivity index (χ2v) is 8.33. The van der Waals surface area contributed by atoms with Crippen LogP contribution in [-0.2, 0) is 9.59 Å². The highest BCUT2D eigenvalue weighted by atomic mass is 32.2. The lowest BCUT2D eigenvalue weighted by Crippen LogP contribution is -2.22. The minimum Gasteiger partial charge on any atom is -0.495 e. The summed E-state index contributed by atoms with van der Waals surface area (Å²) in [5, 5.41) is 10.4. The minimum absolute atomic E-state index is 0.156. The van der Waals surface area contributed by atoms with Gasteiger partial charge in [-0.05, 0) is 19.1 Å². The molecule has 0 saturated heterocycles. The zero-order chi connectivity index (χ0) is 17.5. The van der Waals surface area contributed by atoms with E-state index in [0.29, 0.717) is 20.1 Å². The summed E-state index contributed by atoms with van der Waals surface area (Å²) in [4.78, 5) is 23.1. The molecule has 128 valence electrons. The van der Waals surface area contributed by atoms with Gasteiger partial charge in [0.1, 0.15) is 5.75 Å². The van der Waals surface area contributed by atoms with Crippen LogP contribution in [0.4, 0.5) is 5.69 Å². The quantitative estimate of drug-likeness (QED) is 0.672. The third kappa shape index (κ3) is 5.39. The van der Waals surface area contributed by atoms with Gasteiger partial charge in [-0.1, -0.05) is 47.0 Å². The van der Waals surface area contributed by atoms with Crippen molar-refractivity contribution in [3.05, 3.63) is 24.3 Å². The molecule has 1 atom stereocenters. The van der Waals surface area contributed by atoms with Crippen LogP contribution in [0.5, 0.6) is 5.75 Å². The van der Waals surface area contributed by atoms with Gasteiger partial charge in [0.25, 0.3) is 0 Å². The third-order valence-corrected chi connectivity index (χ3v) is 6.00. The van der Waals surface area contributed by atoms with Crippen molar-refractivity contribution in [2.45, 2.75) is 20.9 Å². The minimum atomic E-state index is -0.408. The molecule has 0 bridgehead atoms. The van der Waals surface area contributed by atoms with Crippen LogP contribution >= 0.6 is 34.9 Å². The molecule has 0 aliphatic carbocycles. The number of anilines is 1. The van der Waals surface area contributed by atoms with Gasteiger partial charge in [-0.2, -0.15) is 0 Å². The number of nitrogens with one attached hydrogen (secondary N) is 1. The van der Waals surface area contributed by atoms with Crippen LogP contribution in [-0.4, -0.2) is 40.1 Å². The molecule has 1 aromatic heterocycles. The highest BCUT2D eigenvalue weighted by Crippen LogP contribution is 2.32. The summed E-state index contributed by atoms with van der Waals surface area (Å²) in [6, 6.07) is 7.21. The van der Waals surface area contributed by atoms with Crippen LogP contribution in [0.25, 0.3) is 0 Å². The predicted molar refractivity (Wildman–Crippen MR) is 96.8 cm³/mol. The molecule has 2 amide bonds. The fourth-order valence-corrected chi connectivity index (χ4v) is 4.53. The number of nitrogens with zero attached hydrogens (tertiary/aromatic N) is 2. The van der Waals surface area contributed by atoms with Crippen molar-refractivity contribution in [1.82, 2.24) is 10.2 Å². The van der Waals surface area contributed by atoms with Crippen molar-refractivity contribution in [2.75, 3.05) is 18.2 Å². The smallest absolute Gasteiger partial charge is 0.237 e. The largest absolute Gasteiger partial charge is 0.495 e. The summed E-state index contributed by atoms with van der Waals surface area (Å²) in [6.07, 6.45) is 0. The van der Waals surface area contributed by atoms with E-state index < -0.39 is 5.91 Å². The molecule has 1 heterocycles. The number of carbonyl (C=O) groups excluding carboxylic acids is 2. The number of carbonyl (C=O) groups is 2. The summed E-state index contributed by atoms with van der Waals surface area (Å²) in [5.41, 5.74) is 5.71. The van der Waals surface area contributed by atoms with Crippen molar-refractivity contribution in [3.63, 3.8) is 0 Å². The van der Waals surface area contributed by atoms with Crippen LogP contribution in [0, 0.1) is 0 Å². The Bertz CT molecular complexity index is 723. The van der Waals surface area contributed by atoms with E-state index in [0.717, 1.165) is 0 Å². The number of nitrogens with two attached hydrogens (primary N) is 1. The first-order valence-corrected chi connectivity index (χ1v) is 9.53. The Morgan fingerprint density at radius 3 is 2.75 bits per heavy atom. The fourth-order valence-electron chi connectivity index (χ4n) is 1.62. The standard InChI is InChI=1S/C14H16N4O3S3/c1-8(12(20)16-9-5-3-4-6-10(9)21-2)23-14-18-17-13(24-14)22-7-11(15)19/h3-6,8H,7H2,1-2H3,(H2,15,19)(H,16,20)/t8-/m1/s1. The summed E-state index contributed by atoms with van der Waals surface area (Å²) in [5.74, 6) is 0.187. The molecule has 0 aliphatic rings. The number of thioether (sulfide) groups is 2. The predicted octanol–water partition coefficient (Wildman–Crippen LogP) is 2.24. The molecule has 2 rings (SSSR count). The molecule has 0 radical (unpaired) electrons. The second-order valence-electron chi connectivity index (χ2n) is 4.54. The summed E-state index contributed by atoms with van der Waals surface area (Å²) < 4.78 is 6.52.